The summed E-state index contributed by atoms with van der Waals surface area (Å²) in [5.41, 5.74) is 1.33. The molecule has 5 nitrogen and oxygen atoms in total. The van der Waals surface area contributed by atoms with E-state index >= 15 is 0 Å². The number of aromatic nitrogens is 2. The Morgan fingerprint density at radius 1 is 1.23 bits per heavy atom. The van der Waals surface area contributed by atoms with E-state index in [1.54, 1.807) is 0 Å². The minimum Gasteiger partial charge on any atom is -0.334 e. The zero-order chi connectivity index (χ0) is 15.4. The van der Waals surface area contributed by atoms with Gasteiger partial charge >= 0.3 is 5.69 Å². The molecule has 0 spiro atoms. The highest BCUT2D eigenvalue weighted by molar-refractivity contribution is 5.92. The number of hydrogen-bond donors (Lipinski definition) is 2. The van der Waals surface area contributed by atoms with Crippen molar-refractivity contribution in [2.24, 2.45) is 0 Å². The van der Waals surface area contributed by atoms with Gasteiger partial charge in [0.15, 0.2) is 0 Å². The maximum absolute atomic E-state index is 12.6. The minimum atomic E-state index is -0.332. The predicted octanol–water partition coefficient (Wildman–Crippen LogP) is 2.33. The van der Waals surface area contributed by atoms with Crippen molar-refractivity contribution in [3.05, 3.63) is 58.3 Å². The summed E-state index contributed by atoms with van der Waals surface area (Å²) in [6.45, 7) is 0.769. The van der Waals surface area contributed by atoms with Crippen LogP contribution in [0, 0.1) is 0 Å². The molecule has 1 fully saturated rings. The molecule has 1 aromatic carbocycles. The van der Waals surface area contributed by atoms with Gasteiger partial charge in [-0.15, -0.1) is 0 Å². The van der Waals surface area contributed by atoms with Gasteiger partial charge in [-0.25, -0.2) is 4.79 Å². The molecule has 1 aliphatic rings. The molecule has 1 amide bonds. The number of nitrogens with one attached hydrogen (secondary N) is 2. The number of aryl methyl sites for hydroxylation is 1. The Labute approximate surface area is 129 Å². The standard InChI is InChI=1S/C17H21N3O2/c21-16(15-12-18-17(22)19-15)20-11-5-4-8-14(20)10-9-13-6-2-1-3-7-13/h1-3,6-7,12,14H,4-5,8-11H2,(H2,18,19,22)/t14-/m1/s1. The maximum Gasteiger partial charge on any atom is 0.323 e. The highest BCUT2D eigenvalue weighted by Crippen LogP contribution is 2.22. The molecule has 2 aromatic rings. The van der Waals surface area contributed by atoms with Crippen LogP contribution < -0.4 is 5.69 Å². The lowest BCUT2D eigenvalue weighted by molar-refractivity contribution is 0.0596. The average Bonchev–Trinajstić information content (AvgIpc) is 3.00. The van der Waals surface area contributed by atoms with E-state index in [1.807, 2.05) is 23.1 Å². The summed E-state index contributed by atoms with van der Waals surface area (Å²) >= 11 is 0. The first kappa shape index (κ1) is 14.6. The van der Waals surface area contributed by atoms with Crippen molar-refractivity contribution in [1.29, 1.82) is 0 Å². The fraction of sp³-hybridized carbons (Fsp3) is 0.412. The van der Waals surface area contributed by atoms with E-state index in [0.717, 1.165) is 38.6 Å². The van der Waals surface area contributed by atoms with Gasteiger partial charge < -0.3 is 14.9 Å². The molecule has 3 rings (SSSR count). The second-order valence-electron chi connectivity index (χ2n) is 5.83. The number of likely N-dealkylation sites (tertiary alicyclic amines) is 1. The third-order valence-electron chi connectivity index (χ3n) is 4.32. The Morgan fingerprint density at radius 3 is 2.77 bits per heavy atom. The van der Waals surface area contributed by atoms with E-state index in [9.17, 15) is 9.59 Å². The quantitative estimate of drug-likeness (QED) is 0.909. The Balaban J connectivity index is 1.68. The van der Waals surface area contributed by atoms with Gasteiger partial charge in [-0.1, -0.05) is 30.3 Å². The Hall–Kier alpha value is -2.30. The van der Waals surface area contributed by atoms with Crippen LogP contribution in [0.1, 0.15) is 41.7 Å². The SMILES string of the molecule is O=C(c1c[nH]c(=O)[nH]1)N1CCCC[C@@H]1CCc1ccccc1. The summed E-state index contributed by atoms with van der Waals surface area (Å²) < 4.78 is 0. The van der Waals surface area contributed by atoms with E-state index in [1.165, 1.54) is 11.8 Å². The van der Waals surface area contributed by atoms with Crippen LogP contribution in [0.2, 0.25) is 0 Å². The fourth-order valence-corrected chi connectivity index (χ4v) is 3.15. The molecular weight excluding hydrogens is 278 g/mol. The normalized spacial score (nSPS) is 18.4. The number of hydrogen-bond acceptors (Lipinski definition) is 2. The van der Waals surface area contributed by atoms with Crippen LogP contribution in [0.3, 0.4) is 0 Å². The number of H-pyrrole nitrogens is 2. The van der Waals surface area contributed by atoms with E-state index in [4.69, 9.17) is 0 Å². The van der Waals surface area contributed by atoms with Crippen LogP contribution in [0.4, 0.5) is 0 Å². The Kier molecular flexibility index (Phi) is 4.42. The van der Waals surface area contributed by atoms with Crippen molar-refractivity contribution in [1.82, 2.24) is 14.9 Å². The molecule has 1 aliphatic heterocycles. The van der Waals surface area contributed by atoms with E-state index in [2.05, 4.69) is 22.1 Å². The largest absolute Gasteiger partial charge is 0.334 e. The second kappa shape index (κ2) is 6.64. The molecule has 0 aliphatic carbocycles. The van der Waals surface area contributed by atoms with Crippen molar-refractivity contribution < 1.29 is 4.79 Å². The van der Waals surface area contributed by atoms with Crippen LogP contribution >= 0.6 is 0 Å². The predicted molar refractivity (Wildman–Crippen MR) is 84.9 cm³/mol. The maximum atomic E-state index is 12.6. The molecule has 1 atom stereocenters. The number of carbonyl (C=O) groups is 1. The molecule has 116 valence electrons. The molecule has 22 heavy (non-hydrogen) atoms. The number of imidazole rings is 1. The average molecular weight is 299 g/mol. The van der Waals surface area contributed by atoms with Crippen molar-refractivity contribution in [3.63, 3.8) is 0 Å². The van der Waals surface area contributed by atoms with Crippen LogP contribution in [0.25, 0.3) is 0 Å². The van der Waals surface area contributed by atoms with Gasteiger partial charge in [-0.3, -0.25) is 4.79 Å². The lowest BCUT2D eigenvalue weighted by Gasteiger charge is -2.35. The third-order valence-corrected chi connectivity index (χ3v) is 4.32. The molecule has 1 saturated heterocycles. The summed E-state index contributed by atoms with van der Waals surface area (Å²) in [6.07, 6.45) is 6.62. The van der Waals surface area contributed by atoms with Gasteiger partial charge in [0, 0.05) is 18.8 Å². The van der Waals surface area contributed by atoms with Gasteiger partial charge in [-0.05, 0) is 37.7 Å². The number of piperidine rings is 1. The number of benzene rings is 1. The zero-order valence-corrected chi connectivity index (χ0v) is 12.5. The summed E-state index contributed by atoms with van der Waals surface area (Å²) in [5.74, 6) is -0.0730. The molecule has 2 N–H and O–H groups in total. The monoisotopic (exact) mass is 299 g/mol. The second-order valence-corrected chi connectivity index (χ2v) is 5.83. The number of aromatic amines is 2. The van der Waals surface area contributed by atoms with E-state index < -0.39 is 0 Å². The third kappa shape index (κ3) is 3.30. The van der Waals surface area contributed by atoms with Crippen LogP contribution in [-0.4, -0.2) is 33.4 Å². The lowest BCUT2D eigenvalue weighted by atomic mass is 9.95. The highest BCUT2D eigenvalue weighted by Gasteiger charge is 2.27. The summed E-state index contributed by atoms with van der Waals surface area (Å²) in [5, 5.41) is 0. The van der Waals surface area contributed by atoms with E-state index in [-0.39, 0.29) is 17.6 Å². The fourth-order valence-electron chi connectivity index (χ4n) is 3.15. The molecular formula is C17H21N3O2. The van der Waals surface area contributed by atoms with E-state index in [0.29, 0.717) is 5.69 Å². The molecule has 5 heteroatoms. The summed E-state index contributed by atoms with van der Waals surface area (Å²) in [6, 6.07) is 10.6. The highest BCUT2D eigenvalue weighted by atomic mass is 16.2. The first-order valence-corrected chi connectivity index (χ1v) is 7.86. The van der Waals surface area contributed by atoms with Gasteiger partial charge in [0.1, 0.15) is 5.69 Å². The van der Waals surface area contributed by atoms with Crippen molar-refractivity contribution in [2.45, 2.75) is 38.1 Å². The minimum absolute atomic E-state index is 0.0730. The van der Waals surface area contributed by atoms with Gasteiger partial charge in [-0.2, -0.15) is 0 Å². The first-order chi connectivity index (χ1) is 10.7. The van der Waals surface area contributed by atoms with Crippen molar-refractivity contribution in [3.8, 4) is 0 Å². The number of carbonyl (C=O) groups excluding carboxylic acids is 1. The zero-order valence-electron chi connectivity index (χ0n) is 12.5. The van der Waals surface area contributed by atoms with Gasteiger partial charge in [0.25, 0.3) is 5.91 Å². The Morgan fingerprint density at radius 2 is 2.05 bits per heavy atom. The van der Waals surface area contributed by atoms with Crippen molar-refractivity contribution in [2.75, 3.05) is 6.54 Å². The van der Waals surface area contributed by atoms with Gasteiger partial charge in [0.05, 0.1) is 0 Å². The molecule has 0 radical (unpaired) electrons. The van der Waals surface area contributed by atoms with Crippen molar-refractivity contribution >= 4 is 5.91 Å². The Bertz CT molecular complexity index is 674. The molecule has 1 aromatic heterocycles. The summed E-state index contributed by atoms with van der Waals surface area (Å²) in [7, 11) is 0. The number of amides is 1. The van der Waals surface area contributed by atoms with Crippen LogP contribution in [-0.2, 0) is 6.42 Å². The molecule has 0 unspecified atom stereocenters. The molecule has 0 saturated carbocycles. The smallest absolute Gasteiger partial charge is 0.323 e. The number of rotatable bonds is 4. The van der Waals surface area contributed by atoms with Crippen LogP contribution in [0.15, 0.2) is 41.3 Å². The first-order valence-electron chi connectivity index (χ1n) is 7.86. The number of nitrogens with zero attached hydrogens (tertiary/aromatic N) is 1. The molecule has 2 heterocycles. The summed E-state index contributed by atoms with van der Waals surface area (Å²) in [4.78, 5) is 30.7. The molecule has 0 bridgehead atoms. The lowest BCUT2D eigenvalue weighted by Crippen LogP contribution is -2.44. The van der Waals surface area contributed by atoms with Crippen LogP contribution in [0.5, 0.6) is 0 Å². The van der Waals surface area contributed by atoms with Gasteiger partial charge in [0.2, 0.25) is 0 Å². The topological polar surface area (TPSA) is 69.0 Å².